The molecule has 3 aromatic rings. The smallest absolute Gasteiger partial charge is 0.226 e. The first kappa shape index (κ1) is 14.0. The number of rotatable bonds is 5. The molecule has 5 nitrogen and oxygen atoms in total. The van der Waals surface area contributed by atoms with Crippen LogP contribution in [0.25, 0.3) is 10.7 Å². The standard InChI is InChI=1S/C14H14N4OS2/c1-15-12(19)7-13-17-10(9-21-13)8-18-5-4-16-14(18)11-3-2-6-20-11/h2-6,9H,7-8H2,1H3,(H,15,19). The minimum atomic E-state index is -0.0159. The lowest BCUT2D eigenvalue weighted by Crippen LogP contribution is -2.19. The summed E-state index contributed by atoms with van der Waals surface area (Å²) in [4.78, 5) is 21.4. The summed E-state index contributed by atoms with van der Waals surface area (Å²) >= 11 is 3.18. The molecule has 0 aromatic carbocycles. The maximum Gasteiger partial charge on any atom is 0.226 e. The second kappa shape index (κ2) is 6.19. The fourth-order valence-corrected chi connectivity index (χ4v) is 3.49. The van der Waals surface area contributed by atoms with Gasteiger partial charge in [-0.25, -0.2) is 9.97 Å². The topological polar surface area (TPSA) is 59.8 Å². The van der Waals surface area contributed by atoms with Crippen LogP contribution in [0.1, 0.15) is 10.7 Å². The number of carbonyl (C=O) groups excluding carboxylic acids is 1. The number of hydrogen-bond acceptors (Lipinski definition) is 5. The Hall–Kier alpha value is -1.99. The third kappa shape index (κ3) is 3.20. The van der Waals surface area contributed by atoms with Gasteiger partial charge < -0.3 is 9.88 Å². The van der Waals surface area contributed by atoms with E-state index in [9.17, 15) is 4.79 Å². The fraction of sp³-hybridized carbons (Fsp3) is 0.214. The Kier molecular flexibility index (Phi) is 4.12. The number of amides is 1. The molecule has 0 fully saturated rings. The van der Waals surface area contributed by atoms with E-state index in [1.54, 1.807) is 24.6 Å². The molecule has 3 aromatic heterocycles. The Bertz CT molecular complexity index is 730. The van der Waals surface area contributed by atoms with Crippen LogP contribution in [-0.2, 0) is 17.8 Å². The first-order valence-corrected chi connectivity index (χ1v) is 8.21. The van der Waals surface area contributed by atoms with Crippen LogP contribution in [0.4, 0.5) is 0 Å². The molecule has 0 atom stereocenters. The minimum absolute atomic E-state index is 0.0159. The van der Waals surface area contributed by atoms with Gasteiger partial charge in [0.1, 0.15) is 10.8 Å². The molecule has 1 N–H and O–H groups in total. The highest BCUT2D eigenvalue weighted by Crippen LogP contribution is 2.23. The predicted octanol–water partition coefficient (Wildman–Crippen LogP) is 2.40. The third-order valence-corrected chi connectivity index (χ3v) is 4.74. The molecular formula is C14H14N4OS2. The lowest BCUT2D eigenvalue weighted by molar-refractivity contribution is -0.119. The molecule has 0 aliphatic heterocycles. The molecule has 0 aliphatic rings. The summed E-state index contributed by atoms with van der Waals surface area (Å²) in [5.74, 6) is 0.934. The molecule has 0 spiro atoms. The maximum absolute atomic E-state index is 11.4. The highest BCUT2D eigenvalue weighted by molar-refractivity contribution is 7.13. The summed E-state index contributed by atoms with van der Waals surface area (Å²) in [5.41, 5.74) is 0.953. The van der Waals surface area contributed by atoms with Crippen LogP contribution in [0.15, 0.2) is 35.3 Å². The van der Waals surface area contributed by atoms with Crippen molar-refractivity contribution in [2.75, 3.05) is 7.05 Å². The zero-order valence-corrected chi connectivity index (χ0v) is 13.1. The van der Waals surface area contributed by atoms with Crippen LogP contribution in [0.5, 0.6) is 0 Å². The number of thiazole rings is 1. The number of imidazole rings is 1. The first-order chi connectivity index (χ1) is 10.3. The summed E-state index contributed by atoms with van der Waals surface area (Å²) in [6.07, 6.45) is 4.09. The van der Waals surface area contributed by atoms with E-state index in [0.717, 1.165) is 21.4 Å². The summed E-state index contributed by atoms with van der Waals surface area (Å²) in [5, 5.41) is 7.48. The second-order valence-corrected chi connectivity index (χ2v) is 6.33. The quantitative estimate of drug-likeness (QED) is 0.786. The van der Waals surface area contributed by atoms with E-state index in [1.807, 2.05) is 23.0 Å². The van der Waals surface area contributed by atoms with Crippen molar-refractivity contribution in [3.8, 4) is 10.7 Å². The third-order valence-electron chi connectivity index (χ3n) is 2.98. The Morgan fingerprint density at radius 2 is 2.33 bits per heavy atom. The number of hydrogen-bond donors (Lipinski definition) is 1. The lowest BCUT2D eigenvalue weighted by atomic mass is 10.4. The number of aromatic nitrogens is 3. The molecular weight excluding hydrogens is 304 g/mol. The van der Waals surface area contributed by atoms with E-state index in [4.69, 9.17) is 0 Å². The summed E-state index contributed by atoms with van der Waals surface area (Å²) in [6, 6.07) is 4.07. The summed E-state index contributed by atoms with van der Waals surface area (Å²) in [6.45, 7) is 0.664. The second-order valence-electron chi connectivity index (χ2n) is 4.44. The van der Waals surface area contributed by atoms with Gasteiger partial charge in [-0.2, -0.15) is 0 Å². The molecule has 3 rings (SSSR count). The van der Waals surface area contributed by atoms with E-state index < -0.39 is 0 Å². The maximum atomic E-state index is 11.4. The SMILES string of the molecule is CNC(=O)Cc1nc(Cn2ccnc2-c2cccs2)cs1. The molecule has 108 valence electrons. The summed E-state index contributed by atoms with van der Waals surface area (Å²) in [7, 11) is 1.63. The average molecular weight is 318 g/mol. The Morgan fingerprint density at radius 1 is 1.43 bits per heavy atom. The average Bonchev–Trinajstić information content (AvgIpc) is 3.20. The highest BCUT2D eigenvalue weighted by atomic mass is 32.1. The van der Waals surface area contributed by atoms with E-state index in [1.165, 1.54) is 11.3 Å². The Labute approximate surface area is 130 Å². The minimum Gasteiger partial charge on any atom is -0.359 e. The number of thiophene rings is 1. The molecule has 1 amide bonds. The van der Waals surface area contributed by atoms with Gasteiger partial charge in [0.15, 0.2) is 0 Å². The molecule has 3 heterocycles. The molecule has 0 aliphatic carbocycles. The molecule has 0 bridgehead atoms. The van der Waals surface area contributed by atoms with Crippen molar-refractivity contribution in [2.45, 2.75) is 13.0 Å². The normalized spacial score (nSPS) is 10.7. The predicted molar refractivity (Wildman–Crippen MR) is 84.5 cm³/mol. The van der Waals surface area contributed by atoms with Gasteiger partial charge in [0.05, 0.1) is 23.5 Å². The van der Waals surface area contributed by atoms with Gasteiger partial charge in [-0.1, -0.05) is 6.07 Å². The number of likely N-dealkylation sites (N-methyl/N-ethyl adjacent to an activating group) is 1. The van der Waals surface area contributed by atoms with Crippen LogP contribution in [0.2, 0.25) is 0 Å². The highest BCUT2D eigenvalue weighted by Gasteiger charge is 2.10. The molecule has 0 unspecified atom stereocenters. The largest absolute Gasteiger partial charge is 0.359 e. The van der Waals surface area contributed by atoms with E-state index >= 15 is 0 Å². The van der Waals surface area contributed by atoms with Crippen molar-refractivity contribution in [1.29, 1.82) is 0 Å². The van der Waals surface area contributed by atoms with Crippen LogP contribution >= 0.6 is 22.7 Å². The summed E-state index contributed by atoms with van der Waals surface area (Å²) < 4.78 is 2.07. The van der Waals surface area contributed by atoms with Gasteiger partial charge in [-0.05, 0) is 11.4 Å². The van der Waals surface area contributed by atoms with E-state index in [-0.39, 0.29) is 5.91 Å². The lowest BCUT2D eigenvalue weighted by Gasteiger charge is -2.04. The van der Waals surface area contributed by atoms with Crippen molar-refractivity contribution in [2.24, 2.45) is 0 Å². The van der Waals surface area contributed by atoms with Crippen LogP contribution in [0.3, 0.4) is 0 Å². The zero-order chi connectivity index (χ0) is 14.7. The number of nitrogens with zero attached hydrogens (tertiary/aromatic N) is 3. The zero-order valence-electron chi connectivity index (χ0n) is 11.4. The van der Waals surface area contributed by atoms with Crippen molar-refractivity contribution >= 4 is 28.6 Å². The molecule has 0 radical (unpaired) electrons. The van der Waals surface area contributed by atoms with Gasteiger partial charge >= 0.3 is 0 Å². The van der Waals surface area contributed by atoms with Crippen molar-refractivity contribution in [1.82, 2.24) is 19.9 Å². The van der Waals surface area contributed by atoms with Gasteiger partial charge in [0.2, 0.25) is 5.91 Å². The molecule has 21 heavy (non-hydrogen) atoms. The van der Waals surface area contributed by atoms with Crippen molar-refractivity contribution in [3.63, 3.8) is 0 Å². The van der Waals surface area contributed by atoms with Crippen LogP contribution < -0.4 is 5.32 Å². The van der Waals surface area contributed by atoms with Gasteiger partial charge in [0.25, 0.3) is 0 Å². The Morgan fingerprint density at radius 3 is 3.10 bits per heavy atom. The van der Waals surface area contributed by atoms with Crippen molar-refractivity contribution in [3.05, 3.63) is 46.0 Å². The number of nitrogens with one attached hydrogen (secondary N) is 1. The Balaban J connectivity index is 1.76. The molecule has 0 saturated carbocycles. The van der Waals surface area contributed by atoms with Gasteiger partial charge in [0, 0.05) is 24.8 Å². The monoisotopic (exact) mass is 318 g/mol. The van der Waals surface area contributed by atoms with Gasteiger partial charge in [-0.15, -0.1) is 22.7 Å². The van der Waals surface area contributed by atoms with Crippen LogP contribution in [0, 0.1) is 0 Å². The fourth-order valence-electron chi connectivity index (χ4n) is 1.97. The molecule has 0 saturated heterocycles. The van der Waals surface area contributed by atoms with E-state index in [0.29, 0.717) is 13.0 Å². The van der Waals surface area contributed by atoms with E-state index in [2.05, 4.69) is 25.9 Å². The first-order valence-electron chi connectivity index (χ1n) is 6.45. The molecule has 7 heteroatoms. The van der Waals surface area contributed by atoms with Gasteiger partial charge in [-0.3, -0.25) is 4.79 Å². The van der Waals surface area contributed by atoms with Crippen molar-refractivity contribution < 1.29 is 4.79 Å². The number of carbonyl (C=O) groups is 1. The van der Waals surface area contributed by atoms with Crippen LogP contribution in [-0.4, -0.2) is 27.5 Å².